The van der Waals surface area contributed by atoms with Crippen LogP contribution >= 0.6 is 12.4 Å². The van der Waals surface area contributed by atoms with E-state index in [-0.39, 0.29) is 35.6 Å². The van der Waals surface area contributed by atoms with Crippen LogP contribution < -0.4 is 16.0 Å². The molecule has 2 aliphatic rings. The van der Waals surface area contributed by atoms with Crippen molar-refractivity contribution in [1.82, 2.24) is 16.0 Å². The van der Waals surface area contributed by atoms with Crippen LogP contribution in [0.4, 0.5) is 0 Å². The van der Waals surface area contributed by atoms with Crippen LogP contribution in [0.2, 0.25) is 0 Å². The maximum Gasteiger partial charge on any atom is 0.227 e. The number of piperidine rings is 1. The van der Waals surface area contributed by atoms with Crippen molar-refractivity contribution in [2.45, 2.75) is 32.6 Å². The summed E-state index contributed by atoms with van der Waals surface area (Å²) >= 11 is 0. The van der Waals surface area contributed by atoms with Crippen LogP contribution in [0.5, 0.6) is 0 Å². The van der Waals surface area contributed by atoms with Crippen molar-refractivity contribution < 1.29 is 9.59 Å². The minimum Gasteiger partial charge on any atom is -0.354 e. The van der Waals surface area contributed by atoms with Crippen molar-refractivity contribution in [2.75, 3.05) is 26.2 Å². The van der Waals surface area contributed by atoms with E-state index in [1.807, 2.05) is 6.92 Å². The molecule has 1 saturated carbocycles. The second kappa shape index (κ2) is 7.10. The predicted octanol–water partition coefficient (Wildman–Crippen LogP) is 0.440. The molecule has 2 amide bonds. The minimum absolute atomic E-state index is 0. The van der Waals surface area contributed by atoms with Gasteiger partial charge in [0.25, 0.3) is 0 Å². The number of carbonyl (C=O) groups is 2. The summed E-state index contributed by atoms with van der Waals surface area (Å²) in [4.78, 5) is 23.4. The van der Waals surface area contributed by atoms with Gasteiger partial charge in [0.15, 0.2) is 0 Å². The number of rotatable bonds is 5. The van der Waals surface area contributed by atoms with Gasteiger partial charge in [0, 0.05) is 25.6 Å². The third kappa shape index (κ3) is 4.66. The van der Waals surface area contributed by atoms with Gasteiger partial charge in [0.1, 0.15) is 0 Å². The molecule has 1 heterocycles. The molecule has 1 unspecified atom stereocenters. The van der Waals surface area contributed by atoms with Crippen LogP contribution in [0.3, 0.4) is 0 Å². The molecule has 5 nitrogen and oxygen atoms in total. The first kappa shape index (κ1) is 16.2. The van der Waals surface area contributed by atoms with Crippen LogP contribution in [0, 0.1) is 11.3 Å². The van der Waals surface area contributed by atoms with E-state index in [2.05, 4.69) is 16.0 Å². The number of hydrogen-bond acceptors (Lipinski definition) is 3. The van der Waals surface area contributed by atoms with E-state index < -0.39 is 0 Å². The van der Waals surface area contributed by atoms with E-state index in [0.717, 1.165) is 38.8 Å². The highest BCUT2D eigenvalue weighted by molar-refractivity contribution is 5.85. The van der Waals surface area contributed by atoms with Crippen LogP contribution in [-0.4, -0.2) is 38.0 Å². The molecule has 2 fully saturated rings. The molecular weight excluding hydrogens is 266 g/mol. The summed E-state index contributed by atoms with van der Waals surface area (Å²) in [5, 5.41) is 9.02. The van der Waals surface area contributed by atoms with Crippen LogP contribution in [-0.2, 0) is 9.59 Å². The standard InChI is InChI=1S/C13H23N3O2.ClH/c1-13(5-2-6-14-9-13)12(18)16-8-7-15-11(17)10-3-4-10;/h10,14H,2-9H2,1H3,(H,15,17)(H,16,18);1H. The summed E-state index contributed by atoms with van der Waals surface area (Å²) in [6.45, 7) is 4.79. The second-order valence-electron chi connectivity index (χ2n) is 5.66. The first-order valence-electron chi connectivity index (χ1n) is 6.88. The minimum atomic E-state index is -0.293. The second-order valence-corrected chi connectivity index (χ2v) is 5.66. The molecular formula is C13H24ClN3O2. The molecule has 0 aromatic heterocycles. The summed E-state index contributed by atoms with van der Waals surface area (Å²) in [7, 11) is 0. The topological polar surface area (TPSA) is 70.2 Å². The van der Waals surface area contributed by atoms with Gasteiger partial charge in [-0.2, -0.15) is 0 Å². The monoisotopic (exact) mass is 289 g/mol. The third-order valence-corrected chi connectivity index (χ3v) is 3.80. The number of amides is 2. The summed E-state index contributed by atoms with van der Waals surface area (Å²) in [6.07, 6.45) is 4.01. The molecule has 1 atom stereocenters. The van der Waals surface area contributed by atoms with Crippen molar-refractivity contribution >= 4 is 24.2 Å². The van der Waals surface area contributed by atoms with E-state index in [0.29, 0.717) is 13.1 Å². The first-order valence-corrected chi connectivity index (χ1v) is 6.88. The summed E-state index contributed by atoms with van der Waals surface area (Å²) < 4.78 is 0. The molecule has 1 aliphatic carbocycles. The summed E-state index contributed by atoms with van der Waals surface area (Å²) in [5.74, 6) is 0.464. The van der Waals surface area contributed by atoms with E-state index >= 15 is 0 Å². The highest BCUT2D eigenvalue weighted by atomic mass is 35.5. The zero-order valence-corrected chi connectivity index (χ0v) is 12.3. The molecule has 0 bridgehead atoms. The van der Waals surface area contributed by atoms with Crippen LogP contribution in [0.15, 0.2) is 0 Å². The lowest BCUT2D eigenvalue weighted by Gasteiger charge is -2.32. The van der Waals surface area contributed by atoms with Crippen molar-refractivity contribution in [3.8, 4) is 0 Å². The fourth-order valence-corrected chi connectivity index (χ4v) is 2.32. The number of carbonyl (C=O) groups excluding carboxylic acids is 2. The van der Waals surface area contributed by atoms with Crippen LogP contribution in [0.1, 0.15) is 32.6 Å². The lowest BCUT2D eigenvalue weighted by Crippen LogP contribution is -2.49. The Labute approximate surface area is 120 Å². The Hall–Kier alpha value is -0.810. The largest absolute Gasteiger partial charge is 0.354 e. The van der Waals surface area contributed by atoms with Gasteiger partial charge in [-0.3, -0.25) is 9.59 Å². The average molecular weight is 290 g/mol. The Kier molecular flexibility index (Phi) is 6.07. The van der Waals surface area contributed by atoms with E-state index in [1.54, 1.807) is 0 Å². The van der Waals surface area contributed by atoms with Gasteiger partial charge in [0.05, 0.1) is 5.41 Å². The molecule has 0 aromatic carbocycles. The van der Waals surface area contributed by atoms with Gasteiger partial charge < -0.3 is 16.0 Å². The Balaban J connectivity index is 0.00000180. The van der Waals surface area contributed by atoms with E-state index in [4.69, 9.17) is 0 Å². The molecule has 0 aromatic rings. The van der Waals surface area contributed by atoms with Gasteiger partial charge in [0.2, 0.25) is 11.8 Å². The SMILES string of the molecule is CC1(C(=O)NCCNC(=O)C2CC2)CCCNC1.Cl. The molecule has 1 saturated heterocycles. The Morgan fingerprint density at radius 3 is 2.53 bits per heavy atom. The number of hydrogen-bond donors (Lipinski definition) is 3. The molecule has 110 valence electrons. The number of nitrogens with one attached hydrogen (secondary N) is 3. The quantitative estimate of drug-likeness (QED) is 0.643. The Morgan fingerprint density at radius 2 is 1.95 bits per heavy atom. The fourth-order valence-electron chi connectivity index (χ4n) is 2.32. The van der Waals surface area contributed by atoms with Crippen molar-refractivity contribution in [1.29, 1.82) is 0 Å². The van der Waals surface area contributed by atoms with E-state index in [1.165, 1.54) is 0 Å². The maximum atomic E-state index is 12.0. The Bertz CT molecular complexity index is 326. The van der Waals surface area contributed by atoms with Crippen molar-refractivity contribution in [3.63, 3.8) is 0 Å². The van der Waals surface area contributed by atoms with Crippen molar-refractivity contribution in [2.24, 2.45) is 11.3 Å². The molecule has 19 heavy (non-hydrogen) atoms. The summed E-state index contributed by atoms with van der Waals surface area (Å²) in [5.41, 5.74) is -0.293. The average Bonchev–Trinajstić information content (AvgIpc) is 3.19. The molecule has 0 spiro atoms. The Morgan fingerprint density at radius 1 is 1.26 bits per heavy atom. The van der Waals surface area contributed by atoms with Gasteiger partial charge >= 0.3 is 0 Å². The van der Waals surface area contributed by atoms with Crippen molar-refractivity contribution in [3.05, 3.63) is 0 Å². The lowest BCUT2D eigenvalue weighted by molar-refractivity contribution is -0.131. The fraction of sp³-hybridized carbons (Fsp3) is 0.846. The zero-order chi connectivity index (χ0) is 13.0. The molecule has 3 N–H and O–H groups in total. The highest BCUT2D eigenvalue weighted by Crippen LogP contribution is 2.28. The summed E-state index contributed by atoms with van der Waals surface area (Å²) in [6, 6.07) is 0. The van der Waals surface area contributed by atoms with Gasteiger partial charge in [-0.1, -0.05) is 0 Å². The molecule has 2 rings (SSSR count). The van der Waals surface area contributed by atoms with Gasteiger partial charge in [-0.15, -0.1) is 12.4 Å². The zero-order valence-electron chi connectivity index (χ0n) is 11.5. The smallest absolute Gasteiger partial charge is 0.227 e. The lowest BCUT2D eigenvalue weighted by atomic mass is 9.82. The van der Waals surface area contributed by atoms with Gasteiger partial charge in [-0.05, 0) is 39.2 Å². The molecule has 1 aliphatic heterocycles. The molecule has 6 heteroatoms. The maximum absolute atomic E-state index is 12.0. The predicted molar refractivity (Wildman–Crippen MR) is 76.2 cm³/mol. The third-order valence-electron chi connectivity index (χ3n) is 3.80. The normalized spacial score (nSPS) is 26.2. The van der Waals surface area contributed by atoms with E-state index in [9.17, 15) is 9.59 Å². The number of halogens is 1. The first-order chi connectivity index (χ1) is 8.62. The highest BCUT2D eigenvalue weighted by Gasteiger charge is 2.34. The van der Waals surface area contributed by atoms with Crippen LogP contribution in [0.25, 0.3) is 0 Å². The van der Waals surface area contributed by atoms with Gasteiger partial charge in [-0.25, -0.2) is 0 Å². The molecule has 0 radical (unpaired) electrons.